The number of thioether (sulfide) groups is 1. The Balaban J connectivity index is 1.68. The molecular formula is C26H35N5O3S. The standard InChI is InChI=1S/C26H35N5O3S/c1-16-11-18(19-13-29(6)14-19)12-20-22(16)33-17(2)21-23(30-7-9-35-10-8-30)27-15-28-24(21)31(20)25(32)34-26(3,4)5/h11-12,15,17,19H,7-10,13-14H2,1-6H3/t17-/m1/s1. The highest BCUT2D eigenvalue weighted by atomic mass is 32.2. The van der Waals surface area contributed by atoms with Gasteiger partial charge in [0.15, 0.2) is 5.82 Å². The number of aryl methyl sites for hydroxylation is 1. The van der Waals surface area contributed by atoms with Gasteiger partial charge in [0.1, 0.15) is 29.6 Å². The zero-order chi connectivity index (χ0) is 24.9. The third-order valence-corrected chi connectivity index (χ3v) is 7.64. The summed E-state index contributed by atoms with van der Waals surface area (Å²) in [6.07, 6.45) is 0.767. The number of benzene rings is 1. The topological polar surface area (TPSA) is 71.0 Å². The largest absolute Gasteiger partial charge is 0.483 e. The molecule has 1 aromatic heterocycles. The number of fused-ring (bicyclic) bond motifs is 2. The molecule has 4 heterocycles. The first-order valence-electron chi connectivity index (χ1n) is 12.3. The zero-order valence-electron chi connectivity index (χ0n) is 21.5. The molecular weight excluding hydrogens is 462 g/mol. The van der Waals surface area contributed by atoms with E-state index in [0.29, 0.717) is 23.2 Å². The van der Waals surface area contributed by atoms with Crippen molar-refractivity contribution in [1.29, 1.82) is 0 Å². The normalized spacial score (nSPS) is 20.9. The number of nitrogens with zero attached hydrogens (tertiary/aromatic N) is 5. The van der Waals surface area contributed by atoms with Crippen molar-refractivity contribution in [1.82, 2.24) is 14.9 Å². The highest BCUT2D eigenvalue weighted by Gasteiger charge is 2.38. The molecule has 0 bridgehead atoms. The number of aromatic nitrogens is 2. The summed E-state index contributed by atoms with van der Waals surface area (Å²) in [6.45, 7) is 13.5. The first-order valence-corrected chi connectivity index (χ1v) is 13.5. The van der Waals surface area contributed by atoms with Gasteiger partial charge in [-0.25, -0.2) is 19.7 Å². The zero-order valence-corrected chi connectivity index (χ0v) is 22.3. The van der Waals surface area contributed by atoms with Crippen molar-refractivity contribution < 1.29 is 14.3 Å². The lowest BCUT2D eigenvalue weighted by molar-refractivity contribution is 0.0598. The van der Waals surface area contributed by atoms with Crippen LogP contribution in [0.25, 0.3) is 0 Å². The monoisotopic (exact) mass is 497 g/mol. The van der Waals surface area contributed by atoms with E-state index in [-0.39, 0.29) is 6.10 Å². The second-order valence-electron chi connectivity index (χ2n) is 10.7. The number of hydrogen-bond donors (Lipinski definition) is 0. The van der Waals surface area contributed by atoms with Gasteiger partial charge in [-0.15, -0.1) is 0 Å². The molecule has 0 aliphatic carbocycles. The molecule has 1 aromatic carbocycles. The molecule has 2 saturated heterocycles. The predicted octanol–water partition coefficient (Wildman–Crippen LogP) is 4.89. The second-order valence-corrected chi connectivity index (χ2v) is 11.9. The molecule has 0 unspecified atom stereocenters. The molecule has 0 radical (unpaired) electrons. The lowest BCUT2D eigenvalue weighted by Gasteiger charge is -2.37. The number of hydrogen-bond acceptors (Lipinski definition) is 8. The van der Waals surface area contributed by atoms with Crippen molar-refractivity contribution in [2.45, 2.75) is 52.2 Å². The summed E-state index contributed by atoms with van der Waals surface area (Å²) in [5.41, 5.74) is 3.07. The van der Waals surface area contributed by atoms with Gasteiger partial charge in [-0.05, 0) is 58.9 Å². The number of ether oxygens (including phenoxy) is 2. The van der Waals surface area contributed by atoms with Gasteiger partial charge < -0.3 is 19.3 Å². The van der Waals surface area contributed by atoms with Crippen LogP contribution in [0.5, 0.6) is 5.75 Å². The number of likely N-dealkylation sites (N-methyl/N-ethyl adjacent to an activating group) is 1. The maximum atomic E-state index is 13.8. The van der Waals surface area contributed by atoms with Gasteiger partial charge in [0.25, 0.3) is 0 Å². The van der Waals surface area contributed by atoms with E-state index in [9.17, 15) is 4.79 Å². The van der Waals surface area contributed by atoms with Crippen molar-refractivity contribution in [2.75, 3.05) is 54.5 Å². The van der Waals surface area contributed by atoms with Gasteiger partial charge in [-0.1, -0.05) is 6.07 Å². The van der Waals surface area contributed by atoms with E-state index in [1.165, 1.54) is 5.56 Å². The van der Waals surface area contributed by atoms with Gasteiger partial charge in [-0.3, -0.25) is 0 Å². The number of carbonyl (C=O) groups is 1. The van der Waals surface area contributed by atoms with Crippen LogP contribution in [0, 0.1) is 6.92 Å². The van der Waals surface area contributed by atoms with Crippen LogP contribution in [-0.2, 0) is 4.74 Å². The molecule has 0 spiro atoms. The predicted molar refractivity (Wildman–Crippen MR) is 140 cm³/mol. The quantitative estimate of drug-likeness (QED) is 0.581. The summed E-state index contributed by atoms with van der Waals surface area (Å²) in [5.74, 6) is 4.58. The van der Waals surface area contributed by atoms with Crippen LogP contribution in [0.1, 0.15) is 56.4 Å². The van der Waals surface area contributed by atoms with Crippen LogP contribution in [0.2, 0.25) is 0 Å². The fourth-order valence-corrected chi connectivity index (χ4v) is 5.94. The van der Waals surface area contributed by atoms with Crippen LogP contribution in [0.3, 0.4) is 0 Å². The van der Waals surface area contributed by atoms with E-state index in [1.807, 2.05) is 39.5 Å². The highest BCUT2D eigenvalue weighted by Crippen LogP contribution is 2.48. The van der Waals surface area contributed by atoms with E-state index in [1.54, 1.807) is 11.2 Å². The Bertz CT molecular complexity index is 1120. The molecule has 1 amide bonds. The summed E-state index contributed by atoms with van der Waals surface area (Å²) < 4.78 is 12.5. The van der Waals surface area contributed by atoms with E-state index >= 15 is 0 Å². The van der Waals surface area contributed by atoms with Crippen LogP contribution in [0.4, 0.5) is 22.1 Å². The molecule has 2 aromatic rings. The molecule has 1 atom stereocenters. The molecule has 188 valence electrons. The Kier molecular flexibility index (Phi) is 6.34. The van der Waals surface area contributed by atoms with Crippen LogP contribution >= 0.6 is 11.8 Å². The summed E-state index contributed by atoms with van der Waals surface area (Å²) in [4.78, 5) is 29.3. The van der Waals surface area contributed by atoms with Crippen molar-refractivity contribution >= 4 is 35.2 Å². The maximum absolute atomic E-state index is 13.8. The third-order valence-electron chi connectivity index (χ3n) is 6.70. The number of likely N-dealkylation sites (tertiary alicyclic amines) is 1. The maximum Gasteiger partial charge on any atom is 0.420 e. The Labute approximate surface area is 212 Å². The molecule has 3 aliphatic rings. The Hall–Kier alpha value is -2.52. The van der Waals surface area contributed by atoms with Crippen LogP contribution in [0.15, 0.2) is 18.5 Å². The van der Waals surface area contributed by atoms with Gasteiger partial charge in [0.2, 0.25) is 0 Å². The molecule has 0 saturated carbocycles. The van der Waals surface area contributed by atoms with Crippen LogP contribution in [-0.4, -0.2) is 71.3 Å². The minimum Gasteiger partial charge on any atom is -0.483 e. The van der Waals surface area contributed by atoms with Crippen molar-refractivity contribution in [2.24, 2.45) is 0 Å². The van der Waals surface area contributed by atoms with Gasteiger partial charge >= 0.3 is 6.09 Å². The van der Waals surface area contributed by atoms with Crippen molar-refractivity contribution in [3.05, 3.63) is 35.2 Å². The molecule has 8 nitrogen and oxygen atoms in total. The molecule has 35 heavy (non-hydrogen) atoms. The Morgan fingerprint density at radius 1 is 1.14 bits per heavy atom. The number of rotatable bonds is 2. The van der Waals surface area contributed by atoms with E-state index in [2.05, 4.69) is 45.9 Å². The fraction of sp³-hybridized carbons (Fsp3) is 0.577. The molecule has 0 N–H and O–H groups in total. The third kappa shape index (κ3) is 4.68. The average Bonchev–Trinajstić information content (AvgIpc) is 2.90. The SMILES string of the molecule is Cc1cc(C2CN(C)C2)cc2c1O[C@H](C)c1c(N3CCSCC3)ncnc1N2C(=O)OC(C)(C)C. The van der Waals surface area contributed by atoms with Gasteiger partial charge in [-0.2, -0.15) is 11.8 Å². The number of carbonyl (C=O) groups excluding carboxylic acids is 1. The number of anilines is 3. The van der Waals surface area contributed by atoms with Crippen LogP contribution < -0.4 is 14.5 Å². The molecule has 9 heteroatoms. The first kappa shape index (κ1) is 24.2. The average molecular weight is 498 g/mol. The summed E-state index contributed by atoms with van der Waals surface area (Å²) >= 11 is 1.95. The lowest BCUT2D eigenvalue weighted by Crippen LogP contribution is -2.41. The molecule has 2 fully saturated rings. The summed E-state index contributed by atoms with van der Waals surface area (Å²) in [5, 5.41) is 0. The fourth-order valence-electron chi connectivity index (χ4n) is 5.04. The smallest absolute Gasteiger partial charge is 0.420 e. The summed E-state index contributed by atoms with van der Waals surface area (Å²) in [7, 11) is 2.12. The highest BCUT2D eigenvalue weighted by molar-refractivity contribution is 7.99. The lowest BCUT2D eigenvalue weighted by atomic mass is 9.90. The molecule has 3 aliphatic heterocycles. The first-order chi connectivity index (χ1) is 16.6. The van der Waals surface area contributed by atoms with E-state index in [4.69, 9.17) is 9.47 Å². The second kappa shape index (κ2) is 9.17. The minimum absolute atomic E-state index is 0.332. The minimum atomic E-state index is -0.653. The van der Waals surface area contributed by atoms with Crippen molar-refractivity contribution in [3.8, 4) is 5.75 Å². The van der Waals surface area contributed by atoms with Gasteiger partial charge in [0, 0.05) is 43.6 Å². The molecule has 5 rings (SSSR count). The number of amides is 1. The van der Waals surface area contributed by atoms with Crippen molar-refractivity contribution in [3.63, 3.8) is 0 Å². The van der Waals surface area contributed by atoms with E-state index in [0.717, 1.165) is 54.6 Å². The Morgan fingerprint density at radius 2 is 1.83 bits per heavy atom. The van der Waals surface area contributed by atoms with Gasteiger partial charge in [0.05, 0.1) is 11.3 Å². The van der Waals surface area contributed by atoms with E-state index < -0.39 is 11.7 Å². The summed E-state index contributed by atoms with van der Waals surface area (Å²) in [6, 6.07) is 4.28. The Morgan fingerprint density at radius 3 is 2.49 bits per heavy atom.